The van der Waals surface area contributed by atoms with Gasteiger partial charge in [0.05, 0.1) is 6.04 Å². The summed E-state index contributed by atoms with van der Waals surface area (Å²) in [4.78, 5) is 12.4. The summed E-state index contributed by atoms with van der Waals surface area (Å²) in [7, 11) is 0. The monoisotopic (exact) mass is 305 g/mol. The van der Waals surface area contributed by atoms with E-state index in [4.69, 9.17) is 0 Å². The average Bonchev–Trinajstić information content (AvgIpc) is 2.61. The molecule has 0 aromatic heterocycles. The van der Waals surface area contributed by atoms with E-state index in [0.29, 0.717) is 5.78 Å². The second-order valence-corrected chi connectivity index (χ2v) is 6.12. The Morgan fingerprint density at radius 2 is 1.65 bits per heavy atom. The largest absolute Gasteiger partial charge is 0.378 e. The van der Waals surface area contributed by atoms with Gasteiger partial charge in [-0.2, -0.15) is 0 Å². The van der Waals surface area contributed by atoms with Crippen LogP contribution in [0.4, 0.5) is 5.69 Å². The summed E-state index contributed by atoms with van der Waals surface area (Å²) in [6, 6.07) is 20.4. The lowest BCUT2D eigenvalue weighted by Gasteiger charge is -2.28. The maximum absolute atomic E-state index is 12.4. The summed E-state index contributed by atoms with van der Waals surface area (Å²) in [5.41, 5.74) is 2.23. The molecule has 0 saturated heterocycles. The first kappa shape index (κ1) is 15.5. The number of carbonyl (C=O) groups is 1. The van der Waals surface area contributed by atoms with Gasteiger partial charge in [-0.05, 0) is 30.5 Å². The molecule has 0 amide bonds. The molecule has 2 aromatic carbocycles. The Morgan fingerprint density at radius 1 is 0.957 bits per heavy atom. The summed E-state index contributed by atoms with van der Waals surface area (Å²) in [6.07, 6.45) is 8.14. The Kier molecular flexibility index (Phi) is 5.25. The van der Waals surface area contributed by atoms with Gasteiger partial charge in [0, 0.05) is 18.0 Å². The summed E-state index contributed by atoms with van der Waals surface area (Å²) < 4.78 is 0. The molecule has 0 bridgehead atoms. The van der Waals surface area contributed by atoms with Crippen LogP contribution < -0.4 is 5.32 Å². The van der Waals surface area contributed by atoms with Crippen LogP contribution in [0.5, 0.6) is 0 Å². The van der Waals surface area contributed by atoms with Crippen LogP contribution in [0.1, 0.15) is 31.2 Å². The molecule has 1 N–H and O–H groups in total. The van der Waals surface area contributed by atoms with E-state index in [1.165, 1.54) is 0 Å². The molecule has 2 heteroatoms. The zero-order valence-corrected chi connectivity index (χ0v) is 13.3. The highest BCUT2D eigenvalue weighted by atomic mass is 16.1. The molecule has 0 unspecified atom stereocenters. The van der Waals surface area contributed by atoms with Crippen molar-refractivity contribution in [3.05, 3.63) is 72.3 Å². The molecule has 118 valence electrons. The number of anilines is 1. The van der Waals surface area contributed by atoms with E-state index in [-0.39, 0.29) is 12.0 Å². The van der Waals surface area contributed by atoms with Gasteiger partial charge < -0.3 is 5.32 Å². The molecule has 23 heavy (non-hydrogen) atoms. The number of para-hydroxylation sites is 1. The smallest absolute Gasteiger partial charge is 0.138 e. The predicted octanol–water partition coefficient (Wildman–Crippen LogP) is 4.94. The van der Waals surface area contributed by atoms with Gasteiger partial charge in [0.2, 0.25) is 0 Å². The SMILES string of the molecule is O=C1CCCC[C@H]1[C@H](/C=C/c1ccccc1)Nc1ccccc1. The van der Waals surface area contributed by atoms with Crippen molar-refractivity contribution < 1.29 is 4.79 Å². The van der Waals surface area contributed by atoms with E-state index in [0.717, 1.165) is 36.9 Å². The summed E-state index contributed by atoms with van der Waals surface area (Å²) in [5, 5.41) is 3.54. The second kappa shape index (κ2) is 7.77. The highest BCUT2D eigenvalue weighted by Gasteiger charge is 2.28. The fourth-order valence-corrected chi connectivity index (χ4v) is 3.18. The lowest BCUT2D eigenvalue weighted by Crippen LogP contribution is -2.35. The molecule has 1 aliphatic carbocycles. The minimum Gasteiger partial charge on any atom is -0.378 e. The van der Waals surface area contributed by atoms with Gasteiger partial charge in [-0.1, -0.05) is 67.1 Å². The Morgan fingerprint density at radius 3 is 2.35 bits per heavy atom. The molecule has 1 fully saturated rings. The van der Waals surface area contributed by atoms with Crippen LogP contribution in [0.2, 0.25) is 0 Å². The number of benzene rings is 2. The predicted molar refractivity (Wildman–Crippen MR) is 96.3 cm³/mol. The van der Waals surface area contributed by atoms with Crippen molar-refractivity contribution in [2.75, 3.05) is 5.32 Å². The van der Waals surface area contributed by atoms with Crippen LogP contribution in [-0.4, -0.2) is 11.8 Å². The van der Waals surface area contributed by atoms with Gasteiger partial charge in [-0.3, -0.25) is 4.79 Å². The molecule has 0 radical (unpaired) electrons. The lowest BCUT2D eigenvalue weighted by atomic mass is 9.82. The molecule has 0 aliphatic heterocycles. The van der Waals surface area contributed by atoms with Crippen LogP contribution in [-0.2, 0) is 4.79 Å². The van der Waals surface area contributed by atoms with Crippen LogP contribution in [0, 0.1) is 5.92 Å². The van der Waals surface area contributed by atoms with Crippen LogP contribution in [0.15, 0.2) is 66.7 Å². The van der Waals surface area contributed by atoms with E-state index in [1.54, 1.807) is 0 Å². The van der Waals surface area contributed by atoms with E-state index in [9.17, 15) is 4.79 Å². The van der Waals surface area contributed by atoms with Crippen LogP contribution in [0.25, 0.3) is 6.08 Å². The summed E-state index contributed by atoms with van der Waals surface area (Å²) >= 11 is 0. The molecule has 2 nitrogen and oxygen atoms in total. The molecule has 2 atom stereocenters. The van der Waals surface area contributed by atoms with Crippen molar-refractivity contribution in [1.82, 2.24) is 0 Å². The van der Waals surface area contributed by atoms with Crippen molar-refractivity contribution in [3.8, 4) is 0 Å². The van der Waals surface area contributed by atoms with E-state index in [1.807, 2.05) is 36.4 Å². The molecular weight excluding hydrogens is 282 g/mol. The van der Waals surface area contributed by atoms with Gasteiger partial charge in [-0.15, -0.1) is 0 Å². The normalized spacial score (nSPS) is 19.7. The fraction of sp³-hybridized carbons (Fsp3) is 0.286. The Bertz CT molecular complexity index is 648. The Balaban J connectivity index is 1.80. The van der Waals surface area contributed by atoms with Gasteiger partial charge in [-0.25, -0.2) is 0 Å². The maximum Gasteiger partial charge on any atom is 0.138 e. The van der Waals surface area contributed by atoms with Gasteiger partial charge in [0.25, 0.3) is 0 Å². The van der Waals surface area contributed by atoms with Crippen molar-refractivity contribution in [3.63, 3.8) is 0 Å². The molecule has 2 aromatic rings. The van der Waals surface area contributed by atoms with E-state index < -0.39 is 0 Å². The molecule has 1 saturated carbocycles. The fourth-order valence-electron chi connectivity index (χ4n) is 3.18. The molecule has 3 rings (SSSR count). The molecular formula is C21H23NO. The molecule has 0 heterocycles. The van der Waals surface area contributed by atoms with Crippen molar-refractivity contribution in [2.24, 2.45) is 5.92 Å². The second-order valence-electron chi connectivity index (χ2n) is 6.12. The summed E-state index contributed by atoms with van der Waals surface area (Å²) in [6.45, 7) is 0. The van der Waals surface area contributed by atoms with Crippen LogP contribution in [0.3, 0.4) is 0 Å². The number of Topliss-reactive ketones (excluding diaryl/α,β-unsaturated/α-hetero) is 1. The average molecular weight is 305 g/mol. The van der Waals surface area contributed by atoms with E-state index >= 15 is 0 Å². The van der Waals surface area contributed by atoms with Gasteiger partial charge >= 0.3 is 0 Å². The first-order valence-electron chi connectivity index (χ1n) is 8.40. The number of hydrogen-bond donors (Lipinski definition) is 1. The standard InChI is InChI=1S/C21H23NO/c23-21-14-8-7-13-19(21)20(22-18-11-5-2-6-12-18)16-15-17-9-3-1-4-10-17/h1-6,9-12,15-16,19-20,22H,7-8,13-14H2/b16-15+/t19-,20-/m0/s1. The molecule has 1 aliphatic rings. The van der Waals surface area contributed by atoms with Crippen molar-refractivity contribution >= 4 is 17.5 Å². The van der Waals surface area contributed by atoms with Gasteiger partial charge in [0.1, 0.15) is 5.78 Å². The first-order valence-corrected chi connectivity index (χ1v) is 8.40. The van der Waals surface area contributed by atoms with Crippen molar-refractivity contribution in [2.45, 2.75) is 31.7 Å². The third-order valence-corrected chi connectivity index (χ3v) is 4.44. The zero-order chi connectivity index (χ0) is 15.9. The minimum absolute atomic E-state index is 0.0467. The highest BCUT2D eigenvalue weighted by molar-refractivity contribution is 5.83. The topological polar surface area (TPSA) is 29.1 Å². The maximum atomic E-state index is 12.4. The number of ketones is 1. The van der Waals surface area contributed by atoms with Gasteiger partial charge in [0.15, 0.2) is 0 Å². The third-order valence-electron chi connectivity index (χ3n) is 4.44. The number of nitrogens with one attached hydrogen (secondary N) is 1. The summed E-state index contributed by atoms with van der Waals surface area (Å²) in [5.74, 6) is 0.464. The zero-order valence-electron chi connectivity index (χ0n) is 13.3. The van der Waals surface area contributed by atoms with Crippen molar-refractivity contribution in [1.29, 1.82) is 0 Å². The molecule has 0 spiro atoms. The highest BCUT2D eigenvalue weighted by Crippen LogP contribution is 2.27. The number of rotatable bonds is 5. The van der Waals surface area contributed by atoms with Crippen LogP contribution >= 0.6 is 0 Å². The third kappa shape index (κ3) is 4.32. The first-order chi connectivity index (χ1) is 11.3. The minimum atomic E-state index is 0.0467. The van der Waals surface area contributed by atoms with E-state index in [2.05, 4.69) is 41.7 Å². The quantitative estimate of drug-likeness (QED) is 0.847. The Labute approximate surface area is 138 Å². The number of carbonyl (C=O) groups excluding carboxylic acids is 1. The lowest BCUT2D eigenvalue weighted by molar-refractivity contribution is -0.124. The Hall–Kier alpha value is -2.35. The number of hydrogen-bond acceptors (Lipinski definition) is 2.